The van der Waals surface area contributed by atoms with Crippen LogP contribution in [0.15, 0.2) is 17.7 Å². The van der Waals surface area contributed by atoms with Crippen LogP contribution < -0.4 is 0 Å². The van der Waals surface area contributed by atoms with E-state index in [1.807, 2.05) is 0 Å². The molecule has 0 amide bonds. The van der Waals surface area contributed by atoms with Crippen LogP contribution in [0.3, 0.4) is 0 Å². The molecule has 23 heavy (non-hydrogen) atoms. The molecule has 2 aliphatic rings. The Bertz CT molecular complexity index is 709. The van der Waals surface area contributed by atoms with Crippen molar-refractivity contribution < 1.29 is 27.1 Å². The molecule has 0 saturated heterocycles. The van der Waals surface area contributed by atoms with E-state index in [9.17, 15) is 22.4 Å². The van der Waals surface area contributed by atoms with Crippen LogP contribution in [0, 0.1) is 30.4 Å². The van der Waals surface area contributed by atoms with Crippen molar-refractivity contribution in [2.24, 2.45) is 11.8 Å². The van der Waals surface area contributed by atoms with Gasteiger partial charge in [0, 0.05) is 17.9 Å². The third kappa shape index (κ3) is 2.35. The first-order chi connectivity index (χ1) is 10.8. The fourth-order valence-corrected chi connectivity index (χ4v) is 3.84. The fraction of sp³-hybridized carbons (Fsp3) is 0.471. The molecule has 0 aliphatic heterocycles. The number of carbonyl (C=O) groups is 1. The first-order valence-corrected chi connectivity index (χ1v) is 7.42. The maximum atomic E-state index is 14.1. The number of hydrogen-bond donors (Lipinski definition) is 0. The van der Waals surface area contributed by atoms with Crippen LogP contribution in [0.2, 0.25) is 0 Å². The highest BCUT2D eigenvalue weighted by Crippen LogP contribution is 2.58. The highest BCUT2D eigenvalue weighted by Gasteiger charge is 2.56. The Morgan fingerprint density at radius 1 is 1.30 bits per heavy atom. The zero-order valence-corrected chi connectivity index (χ0v) is 12.8. The van der Waals surface area contributed by atoms with Crippen molar-refractivity contribution in [3.8, 4) is 0 Å². The minimum atomic E-state index is -2.86. The van der Waals surface area contributed by atoms with Gasteiger partial charge in [-0.25, -0.2) is 22.4 Å². The molecule has 0 unspecified atom stereocenters. The number of alkyl halides is 2. The van der Waals surface area contributed by atoms with E-state index in [4.69, 9.17) is 4.74 Å². The second-order valence-corrected chi connectivity index (χ2v) is 6.13. The average Bonchev–Trinajstić information content (AvgIpc) is 3.03. The molecule has 1 fully saturated rings. The van der Waals surface area contributed by atoms with E-state index in [-0.39, 0.29) is 30.4 Å². The number of benzene rings is 1. The van der Waals surface area contributed by atoms with Crippen molar-refractivity contribution in [2.45, 2.75) is 32.1 Å². The maximum absolute atomic E-state index is 14.1. The van der Waals surface area contributed by atoms with Crippen molar-refractivity contribution in [2.75, 3.05) is 7.11 Å². The second kappa shape index (κ2) is 5.35. The molecule has 1 aromatic carbocycles. The molecule has 124 valence electrons. The summed E-state index contributed by atoms with van der Waals surface area (Å²) in [4.78, 5) is 12.0. The quantitative estimate of drug-likeness (QED) is 0.599. The molecule has 0 heterocycles. The number of allylic oxidation sites excluding steroid dienone is 1. The molecule has 2 atom stereocenters. The molecule has 6 heteroatoms. The summed E-state index contributed by atoms with van der Waals surface area (Å²) >= 11 is 0. The highest BCUT2D eigenvalue weighted by atomic mass is 19.3. The lowest BCUT2D eigenvalue weighted by Gasteiger charge is -2.19. The van der Waals surface area contributed by atoms with Crippen LogP contribution in [0.1, 0.15) is 30.4 Å². The summed E-state index contributed by atoms with van der Waals surface area (Å²) in [6.45, 7) is 1.38. The van der Waals surface area contributed by atoms with E-state index in [1.165, 1.54) is 20.1 Å². The van der Waals surface area contributed by atoms with Gasteiger partial charge in [0.2, 0.25) is 0 Å². The first kappa shape index (κ1) is 16.0. The average molecular weight is 328 g/mol. The largest absolute Gasteiger partial charge is 0.466 e. The van der Waals surface area contributed by atoms with Crippen molar-refractivity contribution >= 4 is 11.5 Å². The molecule has 3 rings (SSSR count). The summed E-state index contributed by atoms with van der Waals surface area (Å²) < 4.78 is 60.1. The van der Waals surface area contributed by atoms with Crippen LogP contribution >= 0.6 is 0 Å². The summed E-state index contributed by atoms with van der Waals surface area (Å²) in [7, 11) is 1.18. The Morgan fingerprint density at radius 2 is 2.00 bits per heavy atom. The molecular weight excluding hydrogens is 312 g/mol. The van der Waals surface area contributed by atoms with Crippen molar-refractivity contribution in [1.29, 1.82) is 0 Å². The normalized spacial score (nSPS) is 25.7. The van der Waals surface area contributed by atoms with Gasteiger partial charge in [-0.15, -0.1) is 0 Å². The number of methoxy groups -OCH3 is 1. The van der Waals surface area contributed by atoms with Gasteiger partial charge < -0.3 is 4.74 Å². The topological polar surface area (TPSA) is 26.3 Å². The monoisotopic (exact) mass is 328 g/mol. The standard InChI is InChI=1S/C17H16F4O2/c1-8-9(3-4-13(18)15(8)19)14-10-5-6-17(20,21)12(10)7-11(14)16(22)23-2/h3-4,10,12H,5-7H2,1-2H3/t10-,12-/m1/s1. The van der Waals surface area contributed by atoms with Gasteiger partial charge in [-0.2, -0.15) is 0 Å². The number of rotatable bonds is 2. The van der Waals surface area contributed by atoms with Gasteiger partial charge >= 0.3 is 5.97 Å². The molecule has 2 nitrogen and oxygen atoms in total. The lowest BCUT2D eigenvalue weighted by Crippen LogP contribution is -2.23. The summed E-state index contributed by atoms with van der Waals surface area (Å²) in [5.41, 5.74) is 0.873. The lowest BCUT2D eigenvalue weighted by atomic mass is 9.87. The molecule has 1 saturated carbocycles. The zero-order valence-electron chi connectivity index (χ0n) is 12.8. The molecule has 0 radical (unpaired) electrons. The predicted octanol–water partition coefficient (Wildman–Crippen LogP) is 4.27. The van der Waals surface area contributed by atoms with Crippen LogP contribution in [-0.2, 0) is 9.53 Å². The fourth-order valence-electron chi connectivity index (χ4n) is 3.84. The van der Waals surface area contributed by atoms with Gasteiger partial charge in [-0.1, -0.05) is 6.07 Å². The third-order valence-corrected chi connectivity index (χ3v) is 5.00. The smallest absolute Gasteiger partial charge is 0.334 e. The van der Waals surface area contributed by atoms with E-state index in [1.54, 1.807) is 0 Å². The SMILES string of the molecule is COC(=O)C1=C(c2ccc(F)c(F)c2C)[C@@H]2CCC(F)(F)[C@@H]2C1. The maximum Gasteiger partial charge on any atom is 0.334 e. The Kier molecular flexibility index (Phi) is 3.73. The molecule has 0 bridgehead atoms. The molecule has 1 aromatic rings. The van der Waals surface area contributed by atoms with E-state index >= 15 is 0 Å². The molecular formula is C17H16F4O2. The van der Waals surface area contributed by atoms with Crippen LogP contribution in [0.25, 0.3) is 5.57 Å². The molecule has 2 aliphatic carbocycles. The summed E-state index contributed by atoms with van der Waals surface area (Å²) in [5.74, 6) is -7.10. The summed E-state index contributed by atoms with van der Waals surface area (Å²) in [6.07, 6.45) is -0.146. The number of hydrogen-bond acceptors (Lipinski definition) is 2. The molecule has 0 aromatic heterocycles. The number of fused-ring (bicyclic) bond motifs is 1. The number of esters is 1. The van der Waals surface area contributed by atoms with Crippen molar-refractivity contribution in [3.63, 3.8) is 0 Å². The number of ether oxygens (including phenoxy) is 1. The van der Waals surface area contributed by atoms with Gasteiger partial charge in [-0.3, -0.25) is 0 Å². The van der Waals surface area contributed by atoms with Crippen molar-refractivity contribution in [1.82, 2.24) is 0 Å². The lowest BCUT2D eigenvalue weighted by molar-refractivity contribution is -0.136. The Balaban J connectivity index is 2.17. The van der Waals surface area contributed by atoms with Crippen LogP contribution in [0.5, 0.6) is 0 Å². The minimum absolute atomic E-state index is 0.0252. The van der Waals surface area contributed by atoms with Crippen LogP contribution in [0.4, 0.5) is 17.6 Å². The van der Waals surface area contributed by atoms with Crippen molar-refractivity contribution in [3.05, 3.63) is 40.5 Å². The molecule has 0 spiro atoms. The summed E-state index contributed by atoms with van der Waals surface area (Å²) in [6, 6.07) is 2.31. The Hall–Kier alpha value is -1.85. The Morgan fingerprint density at radius 3 is 2.65 bits per heavy atom. The Labute approximate surface area is 131 Å². The van der Waals surface area contributed by atoms with E-state index in [0.29, 0.717) is 11.1 Å². The van der Waals surface area contributed by atoms with E-state index in [2.05, 4.69) is 0 Å². The van der Waals surface area contributed by atoms with Gasteiger partial charge in [0.15, 0.2) is 11.6 Å². The number of carbonyl (C=O) groups excluding carboxylic acids is 1. The van der Waals surface area contributed by atoms with Gasteiger partial charge in [0.1, 0.15) is 0 Å². The molecule has 0 N–H and O–H groups in total. The van der Waals surface area contributed by atoms with Gasteiger partial charge in [-0.05, 0) is 48.4 Å². The summed E-state index contributed by atoms with van der Waals surface area (Å²) in [5, 5.41) is 0. The number of halogens is 4. The van der Waals surface area contributed by atoms with E-state index in [0.717, 1.165) is 6.07 Å². The van der Waals surface area contributed by atoms with Crippen LogP contribution in [-0.4, -0.2) is 19.0 Å². The first-order valence-electron chi connectivity index (χ1n) is 7.42. The van der Waals surface area contributed by atoms with Gasteiger partial charge in [0.25, 0.3) is 5.92 Å². The minimum Gasteiger partial charge on any atom is -0.466 e. The zero-order chi connectivity index (χ0) is 16.9. The van der Waals surface area contributed by atoms with E-state index < -0.39 is 35.4 Å². The predicted molar refractivity (Wildman–Crippen MR) is 75.8 cm³/mol. The second-order valence-electron chi connectivity index (χ2n) is 6.13. The third-order valence-electron chi connectivity index (χ3n) is 5.00. The van der Waals surface area contributed by atoms with Gasteiger partial charge in [0.05, 0.1) is 7.11 Å². The highest BCUT2D eigenvalue weighted by molar-refractivity contribution is 6.00.